The van der Waals surface area contributed by atoms with E-state index in [-0.39, 0.29) is 5.91 Å². The molecule has 0 N–H and O–H groups in total. The largest absolute Gasteiger partial charge is 0.312 e. The maximum absolute atomic E-state index is 11.9. The zero-order chi connectivity index (χ0) is 16.3. The van der Waals surface area contributed by atoms with Crippen molar-refractivity contribution in [3.8, 4) is 6.07 Å². The van der Waals surface area contributed by atoms with Crippen molar-refractivity contribution in [1.29, 1.82) is 5.26 Å². The third-order valence-corrected chi connectivity index (χ3v) is 4.51. The average molecular weight is 304 g/mol. The van der Waals surface area contributed by atoms with Crippen LogP contribution in [0.5, 0.6) is 0 Å². The maximum Gasteiger partial charge on any atom is 0.227 e. The minimum Gasteiger partial charge on any atom is -0.312 e. The lowest BCUT2D eigenvalue weighted by molar-refractivity contribution is -0.117. The fourth-order valence-corrected chi connectivity index (χ4v) is 3.18. The van der Waals surface area contributed by atoms with Crippen molar-refractivity contribution in [2.24, 2.45) is 0 Å². The summed E-state index contributed by atoms with van der Waals surface area (Å²) in [5.41, 5.74) is 2.47. The van der Waals surface area contributed by atoms with Gasteiger partial charge in [0.05, 0.1) is 11.5 Å². The molecule has 1 fully saturated rings. The number of hydrogen-bond acceptors (Lipinski definition) is 2. The number of nitriles is 1. The lowest BCUT2D eigenvalue weighted by Crippen LogP contribution is -2.25. The summed E-state index contributed by atoms with van der Waals surface area (Å²) < 4.78 is 0. The number of amides is 1. The summed E-state index contributed by atoms with van der Waals surface area (Å²) in [6.45, 7) is 2.76. The Bertz CT molecular complexity index is 748. The molecule has 1 heterocycles. The number of hydrogen-bond donors (Lipinski definition) is 0. The molecular formula is C20H20N2O. The van der Waals surface area contributed by atoms with Crippen LogP contribution in [0.4, 0.5) is 5.69 Å². The molecule has 0 aromatic heterocycles. The van der Waals surface area contributed by atoms with Gasteiger partial charge in [-0.2, -0.15) is 5.26 Å². The van der Waals surface area contributed by atoms with Crippen molar-refractivity contribution in [2.45, 2.75) is 31.6 Å². The van der Waals surface area contributed by atoms with Crippen LogP contribution >= 0.6 is 0 Å². The fourth-order valence-electron chi connectivity index (χ4n) is 3.18. The maximum atomic E-state index is 11.9. The molecule has 0 bridgehead atoms. The van der Waals surface area contributed by atoms with Gasteiger partial charge in [0.1, 0.15) is 0 Å². The Morgan fingerprint density at radius 3 is 2.61 bits per heavy atom. The van der Waals surface area contributed by atoms with Gasteiger partial charge in [-0.3, -0.25) is 4.79 Å². The topological polar surface area (TPSA) is 44.1 Å². The Morgan fingerprint density at radius 1 is 1.17 bits per heavy atom. The SMILES string of the molecule is CC(C#N)(Cc1cccc(N2CCCC2=O)c1)c1ccccc1. The van der Waals surface area contributed by atoms with Crippen LogP contribution in [0.25, 0.3) is 0 Å². The van der Waals surface area contributed by atoms with Gasteiger partial charge < -0.3 is 4.90 Å². The standard InChI is InChI=1S/C20H20N2O/c1-20(15-21,17-8-3-2-4-9-17)14-16-7-5-10-18(13-16)22-12-6-11-19(22)23/h2-5,7-10,13H,6,11-12,14H2,1H3. The number of nitrogens with zero attached hydrogens (tertiary/aromatic N) is 2. The van der Waals surface area contributed by atoms with Crippen LogP contribution in [0.2, 0.25) is 0 Å². The summed E-state index contributed by atoms with van der Waals surface area (Å²) in [6, 6.07) is 20.4. The summed E-state index contributed by atoms with van der Waals surface area (Å²) in [6.07, 6.45) is 2.18. The van der Waals surface area contributed by atoms with Gasteiger partial charge >= 0.3 is 0 Å². The minimum atomic E-state index is -0.575. The van der Waals surface area contributed by atoms with E-state index in [2.05, 4.69) is 6.07 Å². The van der Waals surface area contributed by atoms with Crippen molar-refractivity contribution < 1.29 is 4.79 Å². The molecule has 1 aliphatic heterocycles. The Kier molecular flexibility index (Phi) is 4.16. The zero-order valence-electron chi connectivity index (χ0n) is 13.3. The first-order valence-corrected chi connectivity index (χ1v) is 7.98. The molecule has 1 amide bonds. The molecule has 3 nitrogen and oxygen atoms in total. The molecule has 0 aliphatic carbocycles. The minimum absolute atomic E-state index is 0.188. The van der Waals surface area contributed by atoms with E-state index in [0.717, 1.165) is 29.8 Å². The van der Waals surface area contributed by atoms with E-state index in [0.29, 0.717) is 12.8 Å². The first-order chi connectivity index (χ1) is 11.1. The smallest absolute Gasteiger partial charge is 0.227 e. The van der Waals surface area contributed by atoms with Crippen LogP contribution in [0.15, 0.2) is 54.6 Å². The quantitative estimate of drug-likeness (QED) is 0.861. The molecule has 0 saturated carbocycles. The average Bonchev–Trinajstić information content (AvgIpc) is 3.02. The number of benzene rings is 2. The highest BCUT2D eigenvalue weighted by molar-refractivity contribution is 5.95. The summed E-state index contributed by atoms with van der Waals surface area (Å²) in [4.78, 5) is 13.8. The van der Waals surface area contributed by atoms with E-state index >= 15 is 0 Å². The molecule has 1 saturated heterocycles. The monoisotopic (exact) mass is 304 g/mol. The zero-order valence-corrected chi connectivity index (χ0v) is 13.3. The van der Waals surface area contributed by atoms with E-state index in [1.54, 1.807) is 0 Å². The molecule has 1 aliphatic rings. The highest BCUT2D eigenvalue weighted by atomic mass is 16.2. The lowest BCUT2D eigenvalue weighted by atomic mass is 9.78. The van der Waals surface area contributed by atoms with Gasteiger partial charge in [-0.05, 0) is 43.0 Å². The van der Waals surface area contributed by atoms with Crippen LogP contribution in [0.3, 0.4) is 0 Å². The second kappa shape index (κ2) is 6.26. The molecule has 116 valence electrons. The number of rotatable bonds is 4. The first kappa shape index (κ1) is 15.3. The predicted octanol–water partition coefficient (Wildman–Crippen LogP) is 3.84. The van der Waals surface area contributed by atoms with Crippen molar-refractivity contribution in [2.75, 3.05) is 11.4 Å². The first-order valence-electron chi connectivity index (χ1n) is 7.98. The van der Waals surface area contributed by atoms with Crippen LogP contribution in [0.1, 0.15) is 30.9 Å². The van der Waals surface area contributed by atoms with Crippen molar-refractivity contribution in [3.05, 3.63) is 65.7 Å². The lowest BCUT2D eigenvalue weighted by Gasteiger charge is -2.23. The summed E-state index contributed by atoms with van der Waals surface area (Å²) in [5, 5.41) is 9.71. The highest BCUT2D eigenvalue weighted by Gasteiger charge is 2.27. The molecule has 1 unspecified atom stereocenters. The number of carbonyl (C=O) groups excluding carboxylic acids is 1. The normalized spacial score (nSPS) is 16.9. The van der Waals surface area contributed by atoms with E-state index in [9.17, 15) is 10.1 Å². The van der Waals surface area contributed by atoms with Crippen LogP contribution in [0, 0.1) is 11.3 Å². The predicted molar refractivity (Wildman–Crippen MR) is 91.1 cm³/mol. The van der Waals surface area contributed by atoms with Crippen molar-refractivity contribution in [3.63, 3.8) is 0 Å². The summed E-state index contributed by atoms with van der Waals surface area (Å²) >= 11 is 0. The van der Waals surface area contributed by atoms with Gasteiger partial charge in [0.25, 0.3) is 0 Å². The molecule has 2 aromatic carbocycles. The third-order valence-electron chi connectivity index (χ3n) is 4.51. The third kappa shape index (κ3) is 3.12. The Hall–Kier alpha value is -2.60. The second-order valence-electron chi connectivity index (χ2n) is 6.31. The summed E-state index contributed by atoms with van der Waals surface area (Å²) in [5.74, 6) is 0.188. The van der Waals surface area contributed by atoms with Gasteiger partial charge in [0, 0.05) is 18.7 Å². The van der Waals surface area contributed by atoms with Crippen molar-refractivity contribution in [1.82, 2.24) is 0 Å². The van der Waals surface area contributed by atoms with E-state index in [1.165, 1.54) is 0 Å². The Labute approximate surface area is 137 Å². The molecular weight excluding hydrogens is 284 g/mol. The second-order valence-corrected chi connectivity index (χ2v) is 6.31. The van der Waals surface area contributed by atoms with Gasteiger partial charge in [-0.25, -0.2) is 0 Å². The Balaban J connectivity index is 1.88. The molecule has 1 atom stereocenters. The van der Waals surface area contributed by atoms with Crippen molar-refractivity contribution >= 4 is 11.6 Å². The molecule has 23 heavy (non-hydrogen) atoms. The fraction of sp³-hybridized carbons (Fsp3) is 0.300. The number of anilines is 1. The number of carbonyl (C=O) groups is 1. The van der Waals surface area contributed by atoms with E-state index in [1.807, 2.05) is 66.4 Å². The molecule has 3 heteroatoms. The van der Waals surface area contributed by atoms with E-state index < -0.39 is 5.41 Å². The highest BCUT2D eigenvalue weighted by Crippen LogP contribution is 2.29. The van der Waals surface area contributed by atoms with E-state index in [4.69, 9.17) is 0 Å². The van der Waals surface area contributed by atoms with Crippen LogP contribution in [-0.4, -0.2) is 12.5 Å². The van der Waals surface area contributed by atoms with Gasteiger partial charge in [-0.1, -0.05) is 42.5 Å². The molecule has 0 spiro atoms. The molecule has 0 radical (unpaired) electrons. The van der Waals surface area contributed by atoms with Gasteiger partial charge in [0.15, 0.2) is 0 Å². The molecule has 2 aromatic rings. The van der Waals surface area contributed by atoms with Gasteiger partial charge in [0.2, 0.25) is 5.91 Å². The Morgan fingerprint density at radius 2 is 1.96 bits per heavy atom. The van der Waals surface area contributed by atoms with Crippen LogP contribution in [-0.2, 0) is 16.6 Å². The summed E-state index contributed by atoms with van der Waals surface area (Å²) in [7, 11) is 0. The van der Waals surface area contributed by atoms with Gasteiger partial charge in [-0.15, -0.1) is 0 Å². The van der Waals surface area contributed by atoms with Crippen LogP contribution < -0.4 is 4.90 Å². The molecule has 3 rings (SSSR count).